The van der Waals surface area contributed by atoms with E-state index in [9.17, 15) is 4.79 Å². The number of benzene rings is 2. The molecule has 0 bridgehead atoms. The van der Waals surface area contributed by atoms with E-state index in [1.54, 1.807) is 25.3 Å². The van der Waals surface area contributed by atoms with Crippen LogP contribution < -0.4 is 20.7 Å². The molecule has 0 unspecified atom stereocenters. The van der Waals surface area contributed by atoms with Crippen molar-refractivity contribution in [2.75, 3.05) is 25.5 Å². The zero-order valence-electron chi connectivity index (χ0n) is 16.5. The van der Waals surface area contributed by atoms with Gasteiger partial charge in [-0.05, 0) is 43.7 Å². The molecule has 0 aliphatic carbocycles. The minimum atomic E-state index is -0.187. The van der Waals surface area contributed by atoms with Gasteiger partial charge >= 0.3 is 0 Å². The summed E-state index contributed by atoms with van der Waals surface area (Å²) in [5.41, 5.74) is 3.47. The van der Waals surface area contributed by atoms with Crippen LogP contribution in [0.1, 0.15) is 23.6 Å². The van der Waals surface area contributed by atoms with E-state index in [1.165, 1.54) is 0 Å². The highest BCUT2D eigenvalue weighted by Crippen LogP contribution is 2.20. The van der Waals surface area contributed by atoms with Crippen molar-refractivity contribution in [2.24, 2.45) is 4.99 Å². The molecule has 0 heterocycles. The normalized spacial score (nSPS) is 10.7. The zero-order valence-corrected chi connectivity index (χ0v) is 16.5. The fourth-order valence-corrected chi connectivity index (χ4v) is 2.54. The molecule has 6 heteroatoms. The minimum absolute atomic E-state index is 0.0805. The first-order valence-corrected chi connectivity index (χ1v) is 9.08. The quantitative estimate of drug-likeness (QED) is 0.393. The molecule has 0 aromatic heterocycles. The summed E-state index contributed by atoms with van der Waals surface area (Å²) in [6.07, 6.45) is 5.38. The summed E-state index contributed by atoms with van der Waals surface area (Å²) in [7, 11) is 1.64. The third kappa shape index (κ3) is 6.36. The summed E-state index contributed by atoms with van der Waals surface area (Å²) in [4.78, 5) is 16.7. The average molecular weight is 378 g/mol. The molecule has 0 fully saturated rings. The average Bonchev–Trinajstić information content (AvgIpc) is 2.70. The van der Waals surface area contributed by atoms with Crippen LogP contribution in [0.2, 0.25) is 0 Å². The van der Waals surface area contributed by atoms with Crippen LogP contribution in [0.5, 0.6) is 5.75 Å². The first-order chi connectivity index (χ1) is 13.5. The van der Waals surface area contributed by atoms with Gasteiger partial charge in [0, 0.05) is 23.4 Å². The van der Waals surface area contributed by atoms with Crippen molar-refractivity contribution in [3.05, 3.63) is 59.2 Å². The van der Waals surface area contributed by atoms with Crippen LogP contribution in [0.25, 0.3) is 0 Å². The molecule has 146 valence electrons. The Bertz CT molecular complexity index is 884. The number of aliphatic imine (C=N–C) groups is 1. The molecule has 0 aliphatic rings. The van der Waals surface area contributed by atoms with Crippen LogP contribution in [0.3, 0.4) is 0 Å². The van der Waals surface area contributed by atoms with E-state index < -0.39 is 0 Å². The van der Waals surface area contributed by atoms with Crippen LogP contribution in [0.4, 0.5) is 5.69 Å². The molecular weight excluding hydrogens is 352 g/mol. The monoisotopic (exact) mass is 378 g/mol. The lowest BCUT2D eigenvalue weighted by molar-refractivity contribution is -0.115. The van der Waals surface area contributed by atoms with E-state index in [1.807, 2.05) is 38.1 Å². The number of carbonyl (C=O) groups is 1. The number of nitrogens with one attached hydrogen (secondary N) is 3. The van der Waals surface area contributed by atoms with Crippen molar-refractivity contribution in [2.45, 2.75) is 20.4 Å². The Hall–Kier alpha value is -3.46. The van der Waals surface area contributed by atoms with Crippen LogP contribution in [-0.4, -0.2) is 32.1 Å². The van der Waals surface area contributed by atoms with E-state index in [4.69, 9.17) is 11.2 Å². The Morgan fingerprint density at radius 2 is 2.04 bits per heavy atom. The lowest BCUT2D eigenvalue weighted by atomic mass is 10.1. The molecule has 1 amide bonds. The van der Waals surface area contributed by atoms with Crippen LogP contribution in [-0.2, 0) is 11.3 Å². The Balaban J connectivity index is 1.97. The second kappa shape index (κ2) is 10.6. The van der Waals surface area contributed by atoms with Crippen molar-refractivity contribution in [3.63, 3.8) is 0 Å². The zero-order chi connectivity index (χ0) is 20.4. The summed E-state index contributed by atoms with van der Waals surface area (Å²) in [6, 6.07) is 13.1. The van der Waals surface area contributed by atoms with Gasteiger partial charge in [0.1, 0.15) is 5.75 Å². The largest absolute Gasteiger partial charge is 0.496 e. The number of hydrogen-bond acceptors (Lipinski definition) is 3. The van der Waals surface area contributed by atoms with Gasteiger partial charge < -0.3 is 20.7 Å². The number of guanidine groups is 1. The van der Waals surface area contributed by atoms with Gasteiger partial charge in [-0.15, -0.1) is 6.42 Å². The number of amides is 1. The van der Waals surface area contributed by atoms with Crippen LogP contribution in [0.15, 0.2) is 47.5 Å². The smallest absolute Gasteiger partial charge is 0.243 e. The minimum Gasteiger partial charge on any atom is -0.496 e. The topological polar surface area (TPSA) is 74.8 Å². The molecule has 0 atom stereocenters. The fourth-order valence-electron chi connectivity index (χ4n) is 2.54. The summed E-state index contributed by atoms with van der Waals surface area (Å²) in [6.45, 7) is 5.18. The van der Waals surface area contributed by atoms with Crippen molar-refractivity contribution in [1.82, 2.24) is 10.6 Å². The molecule has 0 spiro atoms. The van der Waals surface area contributed by atoms with Gasteiger partial charge in [-0.2, -0.15) is 0 Å². The first-order valence-electron chi connectivity index (χ1n) is 9.08. The highest BCUT2D eigenvalue weighted by molar-refractivity contribution is 5.95. The number of ether oxygens (including phenoxy) is 1. The predicted molar refractivity (Wildman–Crippen MR) is 114 cm³/mol. The predicted octanol–water partition coefficient (Wildman–Crippen LogP) is 2.68. The van der Waals surface area contributed by atoms with E-state index in [0.29, 0.717) is 30.3 Å². The summed E-state index contributed by atoms with van der Waals surface area (Å²) >= 11 is 0. The Kier molecular flexibility index (Phi) is 7.92. The van der Waals surface area contributed by atoms with Crippen molar-refractivity contribution in [1.29, 1.82) is 0 Å². The molecule has 0 saturated carbocycles. The third-order valence-electron chi connectivity index (χ3n) is 3.92. The number of rotatable bonds is 7. The summed E-state index contributed by atoms with van der Waals surface area (Å²) in [5.74, 6) is 3.71. The summed E-state index contributed by atoms with van der Waals surface area (Å²) < 4.78 is 5.41. The van der Waals surface area contributed by atoms with Gasteiger partial charge in [0.15, 0.2) is 5.96 Å². The maximum Gasteiger partial charge on any atom is 0.243 e. The van der Waals surface area contributed by atoms with E-state index in [0.717, 1.165) is 16.9 Å². The van der Waals surface area contributed by atoms with E-state index in [-0.39, 0.29) is 12.5 Å². The lowest BCUT2D eigenvalue weighted by Crippen LogP contribution is -2.41. The standard InChI is InChI=1S/C22H26N4O2/c1-5-17-8-7-9-19(13-17)26-21(27)15-25-22(23-6-2)24-14-18-11-10-16(3)12-20(18)28-4/h1,7-13H,6,14-15H2,2-4H3,(H,26,27)(H2,23,24,25). The van der Waals surface area contributed by atoms with Gasteiger partial charge in [-0.1, -0.05) is 24.1 Å². The SMILES string of the molecule is C#Cc1cccc(NC(=O)CNC(=NCc2ccc(C)cc2OC)NCC)c1. The third-order valence-corrected chi connectivity index (χ3v) is 3.92. The molecule has 2 aromatic carbocycles. The molecule has 0 radical (unpaired) electrons. The molecular formula is C22H26N4O2. The molecule has 3 N–H and O–H groups in total. The van der Waals surface area contributed by atoms with Gasteiger partial charge in [0.25, 0.3) is 0 Å². The fraction of sp³-hybridized carbons (Fsp3) is 0.273. The molecule has 2 aromatic rings. The summed E-state index contributed by atoms with van der Waals surface area (Å²) in [5, 5.41) is 8.98. The Labute approximate surface area is 166 Å². The Morgan fingerprint density at radius 1 is 1.21 bits per heavy atom. The first kappa shape index (κ1) is 20.8. The lowest BCUT2D eigenvalue weighted by Gasteiger charge is -2.13. The number of terminal acetylenes is 1. The van der Waals surface area contributed by atoms with Gasteiger partial charge in [-0.3, -0.25) is 4.79 Å². The number of hydrogen-bond donors (Lipinski definition) is 3. The maximum absolute atomic E-state index is 12.2. The number of methoxy groups -OCH3 is 1. The van der Waals surface area contributed by atoms with Gasteiger partial charge in [0.2, 0.25) is 5.91 Å². The molecule has 28 heavy (non-hydrogen) atoms. The highest BCUT2D eigenvalue weighted by Gasteiger charge is 2.06. The maximum atomic E-state index is 12.2. The van der Waals surface area contributed by atoms with E-state index >= 15 is 0 Å². The van der Waals surface area contributed by atoms with Crippen molar-refractivity contribution < 1.29 is 9.53 Å². The number of carbonyl (C=O) groups excluding carboxylic acids is 1. The second-order valence-corrected chi connectivity index (χ2v) is 6.14. The van der Waals surface area contributed by atoms with Crippen LogP contribution >= 0.6 is 0 Å². The number of anilines is 1. The van der Waals surface area contributed by atoms with Gasteiger partial charge in [-0.25, -0.2) is 4.99 Å². The molecule has 6 nitrogen and oxygen atoms in total. The van der Waals surface area contributed by atoms with Gasteiger partial charge in [0.05, 0.1) is 20.2 Å². The molecule has 0 aliphatic heterocycles. The highest BCUT2D eigenvalue weighted by atomic mass is 16.5. The number of nitrogens with zero attached hydrogens (tertiary/aromatic N) is 1. The Morgan fingerprint density at radius 3 is 2.75 bits per heavy atom. The van der Waals surface area contributed by atoms with E-state index in [2.05, 4.69) is 26.9 Å². The second-order valence-electron chi connectivity index (χ2n) is 6.14. The molecule has 2 rings (SSSR count). The van der Waals surface area contributed by atoms with Crippen molar-refractivity contribution >= 4 is 17.6 Å². The van der Waals surface area contributed by atoms with Crippen molar-refractivity contribution in [3.8, 4) is 18.1 Å². The van der Waals surface area contributed by atoms with Crippen LogP contribution in [0, 0.1) is 19.3 Å². The molecule has 0 saturated heterocycles. The number of aryl methyl sites for hydroxylation is 1.